The summed E-state index contributed by atoms with van der Waals surface area (Å²) in [6.07, 6.45) is 3.39. The molecule has 2 atom stereocenters. The van der Waals surface area contributed by atoms with Crippen LogP contribution in [0.2, 0.25) is 0 Å². The quantitative estimate of drug-likeness (QED) is 0.728. The van der Waals surface area contributed by atoms with Crippen molar-refractivity contribution >= 4 is 11.9 Å². The third-order valence-electron chi connectivity index (χ3n) is 3.06. The second kappa shape index (κ2) is 6.21. The maximum absolute atomic E-state index is 12.1. The summed E-state index contributed by atoms with van der Waals surface area (Å²) in [6.45, 7) is 7.66. The lowest BCUT2D eigenvalue weighted by Crippen LogP contribution is -2.38. The lowest BCUT2D eigenvalue weighted by Gasteiger charge is -2.30. The zero-order valence-electron chi connectivity index (χ0n) is 11.8. The summed E-state index contributed by atoms with van der Waals surface area (Å²) in [5.74, 6) is -1.18. The molecular formula is C14H24O4. The largest absolute Gasteiger partial charge is 0.466 e. The maximum Gasteiger partial charge on any atom is 0.310 e. The van der Waals surface area contributed by atoms with Gasteiger partial charge in [0.05, 0.1) is 18.4 Å². The van der Waals surface area contributed by atoms with Crippen LogP contribution in [0.3, 0.4) is 0 Å². The van der Waals surface area contributed by atoms with Gasteiger partial charge >= 0.3 is 11.9 Å². The molecule has 0 aromatic rings. The number of hydrogen-bond donors (Lipinski definition) is 0. The Labute approximate surface area is 109 Å². The van der Waals surface area contributed by atoms with Crippen molar-refractivity contribution in [3.05, 3.63) is 0 Å². The van der Waals surface area contributed by atoms with Crippen molar-refractivity contribution in [3.63, 3.8) is 0 Å². The van der Waals surface area contributed by atoms with Crippen molar-refractivity contribution in [2.24, 2.45) is 11.8 Å². The highest BCUT2D eigenvalue weighted by Crippen LogP contribution is 2.33. The minimum Gasteiger partial charge on any atom is -0.466 e. The van der Waals surface area contributed by atoms with Crippen molar-refractivity contribution < 1.29 is 19.1 Å². The number of rotatable bonds is 3. The summed E-state index contributed by atoms with van der Waals surface area (Å²) in [7, 11) is 0. The standard InChI is InChI=1S/C14H24O4/c1-5-17-12(15)10-8-6-7-9-11(10)13(16)18-14(2,3)4/h10-11H,5-9H2,1-4H3/t10-,11+/m1/s1. The van der Waals surface area contributed by atoms with E-state index in [0.717, 1.165) is 25.7 Å². The highest BCUT2D eigenvalue weighted by atomic mass is 16.6. The van der Waals surface area contributed by atoms with Crippen LogP contribution in [0.15, 0.2) is 0 Å². The molecule has 0 aromatic carbocycles. The fraction of sp³-hybridized carbons (Fsp3) is 0.857. The highest BCUT2D eigenvalue weighted by molar-refractivity contribution is 5.82. The number of hydrogen-bond acceptors (Lipinski definition) is 4. The van der Waals surface area contributed by atoms with Crippen LogP contribution >= 0.6 is 0 Å². The monoisotopic (exact) mass is 256 g/mol. The zero-order valence-corrected chi connectivity index (χ0v) is 11.8. The Hall–Kier alpha value is -1.06. The number of carbonyl (C=O) groups excluding carboxylic acids is 2. The van der Waals surface area contributed by atoms with Crippen molar-refractivity contribution in [1.82, 2.24) is 0 Å². The third kappa shape index (κ3) is 4.31. The molecule has 0 aromatic heterocycles. The Morgan fingerprint density at radius 3 is 2.00 bits per heavy atom. The second-order valence-corrected chi connectivity index (χ2v) is 5.78. The smallest absolute Gasteiger partial charge is 0.310 e. The van der Waals surface area contributed by atoms with Crippen molar-refractivity contribution in [2.75, 3.05) is 6.61 Å². The molecule has 0 unspecified atom stereocenters. The molecule has 0 heterocycles. The van der Waals surface area contributed by atoms with Gasteiger partial charge < -0.3 is 9.47 Å². The zero-order chi connectivity index (χ0) is 13.8. The lowest BCUT2D eigenvalue weighted by atomic mass is 9.79. The predicted molar refractivity (Wildman–Crippen MR) is 67.9 cm³/mol. The molecule has 4 heteroatoms. The van der Waals surface area contributed by atoms with Crippen LogP contribution < -0.4 is 0 Å². The molecule has 4 nitrogen and oxygen atoms in total. The molecule has 104 valence electrons. The fourth-order valence-corrected chi connectivity index (χ4v) is 2.32. The van der Waals surface area contributed by atoms with Crippen LogP contribution in [-0.2, 0) is 19.1 Å². The summed E-state index contributed by atoms with van der Waals surface area (Å²) in [6, 6.07) is 0. The molecule has 1 saturated carbocycles. The third-order valence-corrected chi connectivity index (χ3v) is 3.06. The summed E-state index contributed by atoms with van der Waals surface area (Å²) in [4.78, 5) is 24.0. The highest BCUT2D eigenvalue weighted by Gasteiger charge is 2.38. The number of carbonyl (C=O) groups is 2. The van der Waals surface area contributed by atoms with Crippen LogP contribution in [0.25, 0.3) is 0 Å². The van der Waals surface area contributed by atoms with Crippen molar-refractivity contribution in [2.45, 2.75) is 59.0 Å². The van der Waals surface area contributed by atoms with Gasteiger partial charge in [-0.2, -0.15) is 0 Å². The van der Waals surface area contributed by atoms with E-state index in [1.807, 2.05) is 20.8 Å². The van der Waals surface area contributed by atoms with Crippen molar-refractivity contribution in [3.8, 4) is 0 Å². The second-order valence-electron chi connectivity index (χ2n) is 5.78. The van der Waals surface area contributed by atoms with Crippen molar-refractivity contribution in [1.29, 1.82) is 0 Å². The van der Waals surface area contributed by atoms with Crippen LogP contribution in [0.5, 0.6) is 0 Å². The minimum atomic E-state index is -0.506. The molecule has 0 spiro atoms. The molecule has 18 heavy (non-hydrogen) atoms. The Balaban J connectivity index is 2.70. The molecule has 0 N–H and O–H groups in total. The van der Waals surface area contributed by atoms with Crippen LogP contribution in [0, 0.1) is 11.8 Å². The molecule has 1 aliphatic rings. The van der Waals surface area contributed by atoms with E-state index in [2.05, 4.69) is 0 Å². The number of esters is 2. The maximum atomic E-state index is 12.1. The van der Waals surface area contributed by atoms with Gasteiger partial charge in [0.15, 0.2) is 0 Å². The Kier molecular flexibility index (Phi) is 5.17. The SMILES string of the molecule is CCOC(=O)[C@@H]1CCCC[C@@H]1C(=O)OC(C)(C)C. The normalized spacial score (nSPS) is 24.4. The van der Waals surface area contributed by atoms with Crippen LogP contribution in [-0.4, -0.2) is 24.1 Å². The van der Waals surface area contributed by atoms with Gasteiger partial charge in [0.25, 0.3) is 0 Å². The lowest BCUT2D eigenvalue weighted by molar-refractivity contribution is -0.170. The van der Waals surface area contributed by atoms with Crippen LogP contribution in [0.1, 0.15) is 53.4 Å². The average molecular weight is 256 g/mol. The Bertz CT molecular complexity index is 303. The first kappa shape index (κ1) is 15.0. The molecule has 0 amide bonds. The molecule has 0 radical (unpaired) electrons. The van der Waals surface area contributed by atoms with Gasteiger partial charge in [0.2, 0.25) is 0 Å². The van der Waals surface area contributed by atoms with Gasteiger partial charge in [-0.3, -0.25) is 9.59 Å². The Morgan fingerprint density at radius 1 is 1.06 bits per heavy atom. The number of ether oxygens (including phenoxy) is 2. The summed E-state index contributed by atoms with van der Waals surface area (Å²) in [5, 5.41) is 0. The molecule has 1 rings (SSSR count). The van der Waals surface area contributed by atoms with E-state index < -0.39 is 5.60 Å². The topological polar surface area (TPSA) is 52.6 Å². The van der Waals surface area contributed by atoms with Gasteiger partial charge in [-0.25, -0.2) is 0 Å². The van der Waals surface area contributed by atoms with Gasteiger partial charge in [-0.05, 0) is 40.5 Å². The molecule has 0 bridgehead atoms. The summed E-state index contributed by atoms with van der Waals surface area (Å²) in [5.41, 5.74) is -0.506. The molecule has 0 saturated heterocycles. The molecule has 1 aliphatic carbocycles. The fourth-order valence-electron chi connectivity index (χ4n) is 2.32. The van der Waals surface area contributed by atoms with E-state index in [1.165, 1.54) is 0 Å². The van der Waals surface area contributed by atoms with E-state index in [0.29, 0.717) is 6.61 Å². The van der Waals surface area contributed by atoms with E-state index in [-0.39, 0.29) is 23.8 Å². The van der Waals surface area contributed by atoms with Gasteiger partial charge in [0.1, 0.15) is 5.60 Å². The van der Waals surface area contributed by atoms with Gasteiger partial charge in [0, 0.05) is 0 Å². The average Bonchev–Trinajstić information content (AvgIpc) is 2.27. The van der Waals surface area contributed by atoms with Crippen LogP contribution in [0.4, 0.5) is 0 Å². The molecule has 0 aliphatic heterocycles. The Morgan fingerprint density at radius 2 is 1.56 bits per heavy atom. The van der Waals surface area contributed by atoms with Gasteiger partial charge in [-0.1, -0.05) is 12.8 Å². The van der Waals surface area contributed by atoms with E-state index in [4.69, 9.17) is 9.47 Å². The predicted octanol–water partition coefficient (Wildman–Crippen LogP) is 2.70. The van der Waals surface area contributed by atoms with E-state index in [9.17, 15) is 9.59 Å². The molecule has 1 fully saturated rings. The first-order chi connectivity index (χ1) is 8.35. The summed E-state index contributed by atoms with van der Waals surface area (Å²) < 4.78 is 10.4. The minimum absolute atomic E-state index is 0.256. The summed E-state index contributed by atoms with van der Waals surface area (Å²) >= 11 is 0. The first-order valence-electron chi connectivity index (χ1n) is 6.74. The van der Waals surface area contributed by atoms with E-state index >= 15 is 0 Å². The van der Waals surface area contributed by atoms with Gasteiger partial charge in [-0.15, -0.1) is 0 Å². The first-order valence-corrected chi connectivity index (χ1v) is 6.74. The molecular weight excluding hydrogens is 232 g/mol. The van der Waals surface area contributed by atoms with E-state index in [1.54, 1.807) is 6.92 Å².